The van der Waals surface area contributed by atoms with Crippen molar-refractivity contribution in [1.29, 1.82) is 0 Å². The molecule has 0 bridgehead atoms. The van der Waals surface area contributed by atoms with Gasteiger partial charge in [-0.1, -0.05) is 19.1 Å². The van der Waals surface area contributed by atoms with Crippen LogP contribution in [-0.2, 0) is 12.8 Å². The zero-order valence-corrected chi connectivity index (χ0v) is 15.5. The number of carbonyl (C=O) groups is 1. The Hall–Kier alpha value is -2.60. The Kier molecular flexibility index (Phi) is 4.07. The van der Waals surface area contributed by atoms with Crippen LogP contribution in [-0.4, -0.2) is 16.0 Å². The van der Waals surface area contributed by atoms with E-state index in [-0.39, 0.29) is 11.3 Å². The number of nitrogens with one attached hydrogen (secondary N) is 2. The summed E-state index contributed by atoms with van der Waals surface area (Å²) in [6, 6.07) is 7.32. The number of amides is 1. The smallest absolute Gasteiger partial charge is 0.265 e. The lowest BCUT2D eigenvalue weighted by Gasteiger charge is -2.18. The molecule has 26 heavy (non-hydrogen) atoms. The highest BCUT2D eigenvalue weighted by atomic mass is 32.1. The molecule has 5 nitrogen and oxygen atoms in total. The number of hydrogen-bond donors (Lipinski definition) is 3. The van der Waals surface area contributed by atoms with Crippen LogP contribution in [0, 0.1) is 12.8 Å². The number of pyridine rings is 1. The summed E-state index contributed by atoms with van der Waals surface area (Å²) in [5.41, 5.74) is 1.87. The number of aromatic hydroxyl groups is 1. The molecule has 1 aromatic carbocycles. The maximum Gasteiger partial charge on any atom is 0.265 e. The second-order valence-electron chi connectivity index (χ2n) is 7.06. The summed E-state index contributed by atoms with van der Waals surface area (Å²) in [4.78, 5) is 29.8. The van der Waals surface area contributed by atoms with Crippen molar-refractivity contribution in [3.05, 3.63) is 56.2 Å². The molecule has 0 radical (unpaired) electrons. The molecule has 2 aromatic heterocycles. The van der Waals surface area contributed by atoms with Crippen LogP contribution in [0.4, 0.5) is 5.69 Å². The van der Waals surface area contributed by atoms with Crippen molar-refractivity contribution in [2.24, 2.45) is 5.92 Å². The average molecular weight is 368 g/mol. The van der Waals surface area contributed by atoms with Crippen molar-refractivity contribution in [1.82, 2.24) is 4.98 Å². The maximum absolute atomic E-state index is 12.7. The van der Waals surface area contributed by atoms with Crippen molar-refractivity contribution < 1.29 is 9.90 Å². The number of benzene rings is 1. The van der Waals surface area contributed by atoms with Crippen molar-refractivity contribution in [3.63, 3.8) is 0 Å². The molecule has 0 fully saturated rings. The molecule has 0 unspecified atom stereocenters. The van der Waals surface area contributed by atoms with Gasteiger partial charge in [0, 0.05) is 10.6 Å². The van der Waals surface area contributed by atoms with Crippen LogP contribution in [0.3, 0.4) is 0 Å². The Morgan fingerprint density at radius 2 is 2.19 bits per heavy atom. The Bertz CT molecular complexity index is 1080. The van der Waals surface area contributed by atoms with Gasteiger partial charge in [0.1, 0.15) is 16.1 Å². The fourth-order valence-electron chi connectivity index (χ4n) is 3.61. The molecule has 0 aliphatic heterocycles. The van der Waals surface area contributed by atoms with E-state index in [9.17, 15) is 14.7 Å². The number of hydrogen-bond acceptors (Lipinski definition) is 4. The highest BCUT2D eigenvalue weighted by Crippen LogP contribution is 2.41. The topological polar surface area (TPSA) is 82.2 Å². The van der Waals surface area contributed by atoms with Gasteiger partial charge >= 0.3 is 0 Å². The summed E-state index contributed by atoms with van der Waals surface area (Å²) in [5.74, 6) is -0.213. The molecule has 3 aromatic rings. The molecule has 0 saturated carbocycles. The van der Waals surface area contributed by atoms with Gasteiger partial charge < -0.3 is 15.4 Å². The Balaban J connectivity index is 1.80. The first-order valence-electron chi connectivity index (χ1n) is 8.71. The van der Waals surface area contributed by atoms with E-state index < -0.39 is 11.5 Å². The number of aromatic amines is 1. The van der Waals surface area contributed by atoms with E-state index in [2.05, 4.69) is 17.2 Å². The van der Waals surface area contributed by atoms with Gasteiger partial charge in [-0.05, 0) is 55.4 Å². The van der Waals surface area contributed by atoms with Crippen LogP contribution in [0.15, 0.2) is 29.1 Å². The van der Waals surface area contributed by atoms with Crippen LogP contribution < -0.4 is 10.9 Å². The number of thiophene rings is 1. The van der Waals surface area contributed by atoms with Crippen molar-refractivity contribution in [3.8, 4) is 5.75 Å². The molecule has 6 heteroatoms. The highest BCUT2D eigenvalue weighted by molar-refractivity contribution is 7.18. The van der Waals surface area contributed by atoms with Gasteiger partial charge in [0.05, 0.1) is 5.39 Å². The number of aryl methyl sites for hydroxylation is 2. The average Bonchev–Trinajstić information content (AvgIpc) is 2.91. The minimum Gasteiger partial charge on any atom is -0.506 e. The van der Waals surface area contributed by atoms with Gasteiger partial charge in [0.25, 0.3) is 11.5 Å². The largest absolute Gasteiger partial charge is 0.506 e. The third kappa shape index (κ3) is 2.80. The summed E-state index contributed by atoms with van der Waals surface area (Å²) < 4.78 is 0. The minimum absolute atomic E-state index is 0.207. The maximum atomic E-state index is 12.7. The standard InChI is InChI=1S/C20H20N2O3S/c1-10-4-3-5-12(8-10)21-18(24)16-17(23)15-13-7-6-11(2)9-14(13)26-20(15)22-19(16)25/h3-5,8,11H,6-7,9H2,1-2H3,(H,21,24)(H2,22,23,25)/t11-/m1/s1. The SMILES string of the molecule is Cc1cccc(NC(=O)c2c(O)c3c4c(sc3[nH]c2=O)C[C@H](C)CC4)c1. The van der Waals surface area contributed by atoms with Crippen LogP contribution in [0.5, 0.6) is 5.75 Å². The Morgan fingerprint density at radius 1 is 1.38 bits per heavy atom. The first-order chi connectivity index (χ1) is 12.4. The number of anilines is 1. The Morgan fingerprint density at radius 3 is 2.96 bits per heavy atom. The minimum atomic E-state index is -0.597. The summed E-state index contributed by atoms with van der Waals surface area (Å²) >= 11 is 1.51. The number of fused-ring (bicyclic) bond motifs is 3. The lowest BCUT2D eigenvalue weighted by Crippen LogP contribution is -2.23. The normalized spacial score (nSPS) is 16.5. The summed E-state index contributed by atoms with van der Waals surface area (Å²) in [6.45, 7) is 4.13. The lowest BCUT2D eigenvalue weighted by molar-refractivity contribution is 0.102. The van der Waals surface area contributed by atoms with Gasteiger partial charge in [-0.3, -0.25) is 9.59 Å². The van der Waals surface area contributed by atoms with E-state index >= 15 is 0 Å². The number of aromatic nitrogens is 1. The van der Waals surface area contributed by atoms with Crippen LogP contribution in [0.1, 0.15) is 39.7 Å². The van der Waals surface area contributed by atoms with Crippen LogP contribution in [0.25, 0.3) is 10.2 Å². The van der Waals surface area contributed by atoms with Gasteiger partial charge in [0.15, 0.2) is 0 Å². The van der Waals surface area contributed by atoms with Crippen molar-refractivity contribution in [2.75, 3.05) is 5.32 Å². The molecule has 1 atom stereocenters. The Labute approximate surface area is 154 Å². The fraction of sp³-hybridized carbons (Fsp3) is 0.300. The molecule has 1 amide bonds. The quantitative estimate of drug-likeness (QED) is 0.640. The number of rotatable bonds is 2. The summed E-state index contributed by atoms with van der Waals surface area (Å²) in [6.07, 6.45) is 2.85. The third-order valence-electron chi connectivity index (χ3n) is 4.94. The predicted molar refractivity (Wildman–Crippen MR) is 104 cm³/mol. The van der Waals surface area contributed by atoms with E-state index in [1.807, 2.05) is 25.1 Å². The van der Waals surface area contributed by atoms with E-state index in [1.165, 1.54) is 16.2 Å². The van der Waals surface area contributed by atoms with Crippen molar-refractivity contribution >= 4 is 33.1 Å². The van der Waals surface area contributed by atoms with E-state index in [1.54, 1.807) is 6.07 Å². The first kappa shape index (κ1) is 16.8. The van der Waals surface area contributed by atoms with E-state index in [0.29, 0.717) is 21.8 Å². The molecule has 1 aliphatic rings. The molecule has 1 aliphatic carbocycles. The molecular formula is C20H20N2O3S. The third-order valence-corrected chi connectivity index (χ3v) is 6.11. The molecule has 4 rings (SSSR count). The molecule has 134 valence electrons. The monoisotopic (exact) mass is 368 g/mol. The van der Waals surface area contributed by atoms with Gasteiger partial charge in [-0.25, -0.2) is 0 Å². The molecule has 3 N–H and O–H groups in total. The lowest BCUT2D eigenvalue weighted by atomic mass is 9.89. The second kappa shape index (κ2) is 6.29. The van der Waals surface area contributed by atoms with E-state index in [4.69, 9.17) is 0 Å². The zero-order chi connectivity index (χ0) is 18.4. The number of H-pyrrole nitrogens is 1. The fourth-order valence-corrected chi connectivity index (χ4v) is 5.02. The molecular weight excluding hydrogens is 348 g/mol. The highest BCUT2D eigenvalue weighted by Gasteiger charge is 2.27. The van der Waals surface area contributed by atoms with E-state index in [0.717, 1.165) is 30.4 Å². The number of carbonyl (C=O) groups excluding carboxylic acids is 1. The second-order valence-corrected chi connectivity index (χ2v) is 8.16. The molecule has 0 saturated heterocycles. The van der Waals surface area contributed by atoms with Gasteiger partial charge in [-0.2, -0.15) is 0 Å². The van der Waals surface area contributed by atoms with Crippen LogP contribution in [0.2, 0.25) is 0 Å². The van der Waals surface area contributed by atoms with Crippen molar-refractivity contribution in [2.45, 2.75) is 33.1 Å². The van der Waals surface area contributed by atoms with Gasteiger partial charge in [-0.15, -0.1) is 11.3 Å². The predicted octanol–water partition coefficient (Wildman–Crippen LogP) is 3.98. The zero-order valence-electron chi connectivity index (χ0n) is 14.7. The first-order valence-corrected chi connectivity index (χ1v) is 9.53. The molecule has 2 heterocycles. The summed E-state index contributed by atoms with van der Waals surface area (Å²) in [5, 5.41) is 14.1. The molecule has 0 spiro atoms. The van der Waals surface area contributed by atoms with Crippen LogP contribution >= 0.6 is 11.3 Å². The summed E-state index contributed by atoms with van der Waals surface area (Å²) in [7, 11) is 0. The van der Waals surface area contributed by atoms with Gasteiger partial charge in [0.2, 0.25) is 0 Å².